The highest BCUT2D eigenvalue weighted by molar-refractivity contribution is 5.71. The Kier molecular flexibility index (Phi) is 8.10. The van der Waals surface area contributed by atoms with Crippen molar-refractivity contribution in [2.45, 2.75) is 58.4 Å². The summed E-state index contributed by atoms with van der Waals surface area (Å²) in [4.78, 5) is 13.0. The smallest absolute Gasteiger partial charge is 0.309 e. The zero-order chi connectivity index (χ0) is 17.2. The first-order valence-corrected chi connectivity index (χ1v) is 9.36. The van der Waals surface area contributed by atoms with Crippen LogP contribution in [0, 0.1) is 5.92 Å². The zero-order valence-electron chi connectivity index (χ0n) is 14.9. The number of rotatable bonds is 12. The minimum absolute atomic E-state index is 0.186. The number of carboxylic acids is 1. The van der Waals surface area contributed by atoms with Crippen molar-refractivity contribution in [3.05, 3.63) is 29.8 Å². The third kappa shape index (κ3) is 6.52. The molecular weight excluding hydrogens is 302 g/mol. The number of likely N-dealkylation sites (tertiary alicyclic amines) is 1. The van der Waals surface area contributed by atoms with Crippen molar-refractivity contribution >= 4 is 5.97 Å². The lowest BCUT2D eigenvalue weighted by Crippen LogP contribution is -2.49. The van der Waals surface area contributed by atoms with Crippen molar-refractivity contribution in [2.75, 3.05) is 19.7 Å². The van der Waals surface area contributed by atoms with Crippen LogP contribution in [0.15, 0.2) is 24.3 Å². The fraction of sp³-hybridized carbons (Fsp3) is 0.650. The maximum Gasteiger partial charge on any atom is 0.309 e. The Morgan fingerprint density at radius 1 is 1.08 bits per heavy atom. The van der Waals surface area contributed by atoms with Gasteiger partial charge >= 0.3 is 5.97 Å². The monoisotopic (exact) mass is 333 g/mol. The summed E-state index contributed by atoms with van der Waals surface area (Å²) in [6, 6.07) is 8.19. The second kappa shape index (κ2) is 10.3. The summed E-state index contributed by atoms with van der Waals surface area (Å²) >= 11 is 0. The molecule has 0 amide bonds. The van der Waals surface area contributed by atoms with E-state index >= 15 is 0 Å². The number of benzene rings is 1. The summed E-state index contributed by atoms with van der Waals surface area (Å²) in [6.45, 7) is 5.18. The first-order valence-electron chi connectivity index (χ1n) is 9.36. The van der Waals surface area contributed by atoms with Gasteiger partial charge in [0.2, 0.25) is 0 Å². The van der Waals surface area contributed by atoms with Crippen molar-refractivity contribution in [3.8, 4) is 5.75 Å². The Hall–Kier alpha value is -1.55. The van der Waals surface area contributed by atoms with Crippen LogP contribution in [-0.2, 0) is 11.3 Å². The van der Waals surface area contributed by atoms with E-state index in [1.165, 1.54) is 44.1 Å². The Labute approximate surface area is 145 Å². The van der Waals surface area contributed by atoms with E-state index in [4.69, 9.17) is 9.84 Å². The summed E-state index contributed by atoms with van der Waals surface area (Å²) in [5, 5.41) is 8.88. The number of hydrogen-bond acceptors (Lipinski definition) is 3. The minimum atomic E-state index is -0.680. The van der Waals surface area contributed by atoms with Crippen LogP contribution in [0.25, 0.3) is 0 Å². The zero-order valence-corrected chi connectivity index (χ0v) is 14.9. The first-order chi connectivity index (χ1) is 11.7. The highest BCUT2D eigenvalue weighted by Gasteiger charge is 2.31. The summed E-state index contributed by atoms with van der Waals surface area (Å²) in [5.41, 5.74) is 1.21. The topological polar surface area (TPSA) is 49.8 Å². The van der Waals surface area contributed by atoms with Crippen LogP contribution >= 0.6 is 0 Å². The van der Waals surface area contributed by atoms with Gasteiger partial charge in [-0.25, -0.2) is 0 Å². The lowest BCUT2D eigenvalue weighted by atomic mass is 10.00. The van der Waals surface area contributed by atoms with E-state index < -0.39 is 5.97 Å². The summed E-state index contributed by atoms with van der Waals surface area (Å²) in [5.74, 6) is 0.0618. The number of ether oxygens (including phenoxy) is 1. The van der Waals surface area contributed by atoms with E-state index in [-0.39, 0.29) is 5.92 Å². The molecule has 0 radical (unpaired) electrons. The van der Waals surface area contributed by atoms with Gasteiger partial charge in [-0.1, -0.05) is 57.6 Å². The molecule has 0 bridgehead atoms. The Morgan fingerprint density at radius 3 is 2.33 bits per heavy atom. The molecule has 1 heterocycles. The molecule has 2 rings (SSSR count). The molecular formula is C20H31NO3. The fourth-order valence-electron chi connectivity index (χ4n) is 3.05. The van der Waals surface area contributed by atoms with Crippen LogP contribution in [-0.4, -0.2) is 35.7 Å². The van der Waals surface area contributed by atoms with E-state index in [1.54, 1.807) is 0 Å². The fourth-order valence-corrected chi connectivity index (χ4v) is 3.05. The minimum Gasteiger partial charge on any atom is -0.494 e. The molecule has 0 spiro atoms. The van der Waals surface area contributed by atoms with Gasteiger partial charge in [-0.2, -0.15) is 0 Å². The predicted molar refractivity (Wildman–Crippen MR) is 96.3 cm³/mol. The Bertz CT molecular complexity index is 480. The molecule has 1 aromatic rings. The molecule has 0 atom stereocenters. The highest BCUT2D eigenvalue weighted by Crippen LogP contribution is 2.20. The third-order valence-electron chi connectivity index (χ3n) is 4.65. The number of aliphatic carboxylic acids is 1. The van der Waals surface area contributed by atoms with Gasteiger partial charge in [0.25, 0.3) is 0 Å². The van der Waals surface area contributed by atoms with Gasteiger partial charge in [-0.3, -0.25) is 9.69 Å². The molecule has 1 aromatic carbocycles. The largest absolute Gasteiger partial charge is 0.494 e. The standard InChI is InChI=1S/C20H31NO3/c1-2-3-4-5-6-7-8-13-24-19-11-9-17(10-12-19)14-21-15-18(16-21)20(22)23/h9-12,18H,2-8,13-16H2,1H3,(H,22,23). The van der Waals surface area contributed by atoms with Crippen molar-refractivity contribution in [1.82, 2.24) is 4.90 Å². The van der Waals surface area contributed by atoms with Crippen LogP contribution in [0.3, 0.4) is 0 Å². The lowest BCUT2D eigenvalue weighted by molar-refractivity contribution is -0.147. The summed E-state index contributed by atoms with van der Waals surface area (Å²) in [7, 11) is 0. The molecule has 0 saturated carbocycles. The van der Waals surface area contributed by atoms with Crippen LogP contribution in [0.4, 0.5) is 0 Å². The van der Waals surface area contributed by atoms with E-state index in [0.717, 1.165) is 25.3 Å². The predicted octanol–water partition coefficient (Wildman–Crippen LogP) is 4.33. The van der Waals surface area contributed by atoms with E-state index in [1.807, 2.05) is 12.1 Å². The van der Waals surface area contributed by atoms with Gasteiger partial charge in [-0.15, -0.1) is 0 Å². The summed E-state index contributed by atoms with van der Waals surface area (Å²) in [6.07, 6.45) is 9.06. The molecule has 134 valence electrons. The number of unbranched alkanes of at least 4 members (excludes halogenated alkanes) is 6. The van der Waals surface area contributed by atoms with Crippen LogP contribution in [0.1, 0.15) is 57.4 Å². The molecule has 1 aliphatic heterocycles. The molecule has 0 unspecified atom stereocenters. The van der Waals surface area contributed by atoms with Gasteiger partial charge in [-0.05, 0) is 24.1 Å². The molecule has 24 heavy (non-hydrogen) atoms. The van der Waals surface area contributed by atoms with Crippen LogP contribution in [0.5, 0.6) is 5.75 Å². The maximum atomic E-state index is 10.8. The Balaban J connectivity index is 1.55. The van der Waals surface area contributed by atoms with E-state index in [0.29, 0.717) is 13.1 Å². The van der Waals surface area contributed by atoms with Crippen molar-refractivity contribution in [3.63, 3.8) is 0 Å². The van der Waals surface area contributed by atoms with Crippen molar-refractivity contribution in [1.29, 1.82) is 0 Å². The van der Waals surface area contributed by atoms with Gasteiger partial charge < -0.3 is 9.84 Å². The maximum absolute atomic E-state index is 10.8. The van der Waals surface area contributed by atoms with E-state index in [9.17, 15) is 4.79 Å². The quantitative estimate of drug-likeness (QED) is 0.578. The average Bonchev–Trinajstić information content (AvgIpc) is 2.54. The number of carbonyl (C=O) groups is 1. The molecule has 0 aromatic heterocycles. The van der Waals surface area contributed by atoms with Crippen LogP contribution < -0.4 is 4.74 Å². The third-order valence-corrected chi connectivity index (χ3v) is 4.65. The molecule has 4 nitrogen and oxygen atoms in total. The van der Waals surface area contributed by atoms with Crippen LogP contribution in [0.2, 0.25) is 0 Å². The molecule has 1 saturated heterocycles. The molecule has 1 N–H and O–H groups in total. The molecule has 1 aliphatic rings. The first kappa shape index (κ1) is 18.8. The number of carboxylic acid groups (broad SMARTS) is 1. The Morgan fingerprint density at radius 2 is 1.71 bits per heavy atom. The van der Waals surface area contributed by atoms with Crippen molar-refractivity contribution < 1.29 is 14.6 Å². The molecule has 0 aliphatic carbocycles. The second-order valence-corrected chi connectivity index (χ2v) is 6.84. The number of nitrogens with zero attached hydrogens (tertiary/aromatic N) is 1. The summed E-state index contributed by atoms with van der Waals surface area (Å²) < 4.78 is 5.79. The highest BCUT2D eigenvalue weighted by atomic mass is 16.5. The average molecular weight is 333 g/mol. The van der Waals surface area contributed by atoms with Gasteiger partial charge in [0, 0.05) is 19.6 Å². The van der Waals surface area contributed by atoms with Gasteiger partial charge in [0.05, 0.1) is 12.5 Å². The molecule has 4 heteroatoms. The van der Waals surface area contributed by atoms with Crippen molar-refractivity contribution in [2.24, 2.45) is 5.92 Å². The number of hydrogen-bond donors (Lipinski definition) is 1. The van der Waals surface area contributed by atoms with Gasteiger partial charge in [0.1, 0.15) is 5.75 Å². The SMILES string of the molecule is CCCCCCCCCOc1ccc(CN2CC(C(=O)O)C2)cc1. The molecule has 1 fully saturated rings. The van der Waals surface area contributed by atoms with Gasteiger partial charge in [0.15, 0.2) is 0 Å². The normalized spacial score (nSPS) is 15.2. The second-order valence-electron chi connectivity index (χ2n) is 6.84. The van der Waals surface area contributed by atoms with E-state index in [2.05, 4.69) is 24.0 Å². The lowest BCUT2D eigenvalue weighted by Gasteiger charge is -2.36.